The lowest BCUT2D eigenvalue weighted by Crippen LogP contribution is -2.40. The molecule has 2 aliphatic rings. The Kier molecular flexibility index (Phi) is 3.70. The van der Waals surface area contributed by atoms with Crippen molar-refractivity contribution in [1.29, 1.82) is 0 Å². The second kappa shape index (κ2) is 5.51. The highest BCUT2D eigenvalue weighted by Crippen LogP contribution is 2.42. The summed E-state index contributed by atoms with van der Waals surface area (Å²) in [4.78, 5) is 26.1. The number of aliphatic carboxylic acids is 1. The number of aryl methyl sites for hydroxylation is 1. The van der Waals surface area contributed by atoms with Gasteiger partial charge >= 0.3 is 5.97 Å². The summed E-state index contributed by atoms with van der Waals surface area (Å²) in [6, 6.07) is 7.85. The van der Waals surface area contributed by atoms with Crippen LogP contribution < -0.4 is 0 Å². The highest BCUT2D eigenvalue weighted by molar-refractivity contribution is 5.80. The van der Waals surface area contributed by atoms with E-state index in [4.69, 9.17) is 0 Å². The Balaban J connectivity index is 2.05. The molecule has 1 aromatic rings. The Bertz CT molecular complexity index is 565. The number of carboxylic acid groups (broad SMARTS) is 1. The van der Waals surface area contributed by atoms with Crippen LogP contribution >= 0.6 is 0 Å². The average Bonchev–Trinajstić information content (AvgIpc) is 3.24. The molecule has 2 atom stereocenters. The van der Waals surface area contributed by atoms with Crippen LogP contribution in [-0.2, 0) is 9.59 Å². The first-order valence-corrected chi connectivity index (χ1v) is 7.68. The fourth-order valence-electron chi connectivity index (χ4n) is 3.40. The van der Waals surface area contributed by atoms with Gasteiger partial charge in [0.2, 0.25) is 5.91 Å². The molecular formula is C17H21NO3. The number of rotatable bonds is 3. The number of likely N-dealkylation sites (tertiary alicyclic amines) is 1. The predicted octanol–water partition coefficient (Wildman–Crippen LogP) is 2.91. The molecule has 1 aromatic carbocycles. The molecule has 0 radical (unpaired) electrons. The van der Waals surface area contributed by atoms with Crippen molar-refractivity contribution in [2.45, 2.75) is 51.1 Å². The lowest BCUT2D eigenvalue weighted by Gasteiger charge is -2.34. The number of nitrogens with zero attached hydrogens (tertiary/aromatic N) is 1. The van der Waals surface area contributed by atoms with Crippen molar-refractivity contribution in [1.82, 2.24) is 4.90 Å². The maximum absolute atomic E-state index is 12.5. The van der Waals surface area contributed by atoms with E-state index in [9.17, 15) is 14.7 Å². The number of benzene rings is 1. The highest BCUT2D eigenvalue weighted by atomic mass is 16.4. The third-order valence-corrected chi connectivity index (χ3v) is 4.52. The minimum atomic E-state index is -0.790. The molecule has 1 N–H and O–H groups in total. The molecule has 2 unspecified atom stereocenters. The van der Waals surface area contributed by atoms with Gasteiger partial charge in [0.1, 0.15) is 0 Å². The van der Waals surface area contributed by atoms with E-state index in [1.165, 1.54) is 0 Å². The zero-order valence-electron chi connectivity index (χ0n) is 12.3. The molecule has 1 amide bonds. The van der Waals surface area contributed by atoms with Crippen LogP contribution in [0.1, 0.15) is 49.3 Å². The maximum atomic E-state index is 12.5. The first kappa shape index (κ1) is 14.1. The summed E-state index contributed by atoms with van der Waals surface area (Å²) in [5, 5.41) is 9.63. The molecular weight excluding hydrogens is 266 g/mol. The first-order chi connectivity index (χ1) is 10.1. The van der Waals surface area contributed by atoms with Gasteiger partial charge in [-0.05, 0) is 38.2 Å². The van der Waals surface area contributed by atoms with Gasteiger partial charge in [-0.25, -0.2) is 0 Å². The molecule has 1 saturated heterocycles. The lowest BCUT2D eigenvalue weighted by atomic mass is 9.88. The van der Waals surface area contributed by atoms with Gasteiger partial charge < -0.3 is 10.0 Å². The summed E-state index contributed by atoms with van der Waals surface area (Å²) >= 11 is 0. The number of hydrogen-bond acceptors (Lipinski definition) is 2. The van der Waals surface area contributed by atoms with Gasteiger partial charge in [-0.15, -0.1) is 0 Å². The molecule has 3 rings (SSSR count). The van der Waals surface area contributed by atoms with E-state index in [1.807, 2.05) is 36.1 Å². The number of carbonyl (C=O) groups is 2. The Morgan fingerprint density at radius 2 is 2.05 bits per heavy atom. The van der Waals surface area contributed by atoms with Crippen molar-refractivity contribution in [3.63, 3.8) is 0 Å². The van der Waals surface area contributed by atoms with E-state index in [1.54, 1.807) is 0 Å². The summed E-state index contributed by atoms with van der Waals surface area (Å²) < 4.78 is 0. The molecule has 1 aliphatic carbocycles. The van der Waals surface area contributed by atoms with Gasteiger partial charge in [0.15, 0.2) is 0 Å². The average molecular weight is 287 g/mol. The third-order valence-electron chi connectivity index (χ3n) is 4.52. The second-order valence-corrected chi connectivity index (χ2v) is 6.23. The summed E-state index contributed by atoms with van der Waals surface area (Å²) in [5.41, 5.74) is 2.06. The summed E-state index contributed by atoms with van der Waals surface area (Å²) in [7, 11) is 0. The van der Waals surface area contributed by atoms with Gasteiger partial charge in [0.25, 0.3) is 0 Å². The van der Waals surface area contributed by atoms with Gasteiger partial charge in [-0.2, -0.15) is 0 Å². The van der Waals surface area contributed by atoms with Gasteiger partial charge in [0, 0.05) is 12.5 Å². The minimum absolute atomic E-state index is 0.118. The van der Waals surface area contributed by atoms with Gasteiger partial charge in [-0.1, -0.05) is 29.8 Å². The Labute approximate surface area is 124 Å². The second-order valence-electron chi connectivity index (χ2n) is 6.23. The molecule has 0 bridgehead atoms. The Morgan fingerprint density at radius 1 is 1.29 bits per heavy atom. The van der Waals surface area contributed by atoms with Crippen LogP contribution in [0.15, 0.2) is 24.3 Å². The molecule has 4 nitrogen and oxygen atoms in total. The van der Waals surface area contributed by atoms with E-state index >= 15 is 0 Å². The van der Waals surface area contributed by atoms with Crippen LogP contribution in [0.5, 0.6) is 0 Å². The van der Waals surface area contributed by atoms with Crippen LogP contribution in [-0.4, -0.2) is 27.9 Å². The molecule has 112 valence electrons. The van der Waals surface area contributed by atoms with Crippen LogP contribution in [0.4, 0.5) is 0 Å². The minimum Gasteiger partial charge on any atom is -0.481 e. The molecule has 1 saturated carbocycles. The molecule has 1 heterocycles. The molecule has 1 aliphatic heterocycles. The lowest BCUT2D eigenvalue weighted by molar-refractivity contribution is -0.146. The highest BCUT2D eigenvalue weighted by Gasteiger charge is 2.44. The normalized spacial score (nSPS) is 26.5. The molecule has 21 heavy (non-hydrogen) atoms. The van der Waals surface area contributed by atoms with E-state index in [2.05, 4.69) is 0 Å². The van der Waals surface area contributed by atoms with Crippen molar-refractivity contribution in [3.8, 4) is 0 Å². The topological polar surface area (TPSA) is 57.6 Å². The number of carboxylic acids is 1. The van der Waals surface area contributed by atoms with Crippen molar-refractivity contribution in [2.75, 3.05) is 0 Å². The maximum Gasteiger partial charge on any atom is 0.308 e. The van der Waals surface area contributed by atoms with Crippen LogP contribution in [0.25, 0.3) is 0 Å². The summed E-state index contributed by atoms with van der Waals surface area (Å²) in [6.07, 6.45) is 3.72. The fourth-order valence-corrected chi connectivity index (χ4v) is 3.40. The van der Waals surface area contributed by atoms with Crippen molar-refractivity contribution in [3.05, 3.63) is 35.4 Å². The number of carbonyl (C=O) groups excluding carboxylic acids is 1. The van der Waals surface area contributed by atoms with Crippen molar-refractivity contribution >= 4 is 11.9 Å². The van der Waals surface area contributed by atoms with E-state index < -0.39 is 11.9 Å². The summed E-state index contributed by atoms with van der Waals surface area (Å²) in [5.74, 6) is -1.17. The van der Waals surface area contributed by atoms with Gasteiger partial charge in [0.05, 0.1) is 12.0 Å². The van der Waals surface area contributed by atoms with E-state index in [-0.39, 0.29) is 18.0 Å². The Morgan fingerprint density at radius 3 is 2.67 bits per heavy atom. The van der Waals surface area contributed by atoms with Crippen molar-refractivity contribution in [2.24, 2.45) is 5.92 Å². The molecule has 0 aromatic heterocycles. The largest absolute Gasteiger partial charge is 0.481 e. The quantitative estimate of drug-likeness (QED) is 0.930. The Hall–Kier alpha value is -1.84. The smallest absolute Gasteiger partial charge is 0.308 e. The SMILES string of the molecule is Cc1cccc(C2C(C(=O)O)CCCC(=O)N2C2CC2)c1. The monoisotopic (exact) mass is 287 g/mol. The molecule has 2 fully saturated rings. The molecule has 0 spiro atoms. The predicted molar refractivity (Wildman–Crippen MR) is 78.8 cm³/mol. The molecule has 4 heteroatoms. The summed E-state index contributed by atoms with van der Waals surface area (Å²) in [6.45, 7) is 2.00. The zero-order valence-corrected chi connectivity index (χ0v) is 12.3. The van der Waals surface area contributed by atoms with E-state index in [0.29, 0.717) is 19.3 Å². The van der Waals surface area contributed by atoms with Crippen molar-refractivity contribution < 1.29 is 14.7 Å². The first-order valence-electron chi connectivity index (χ1n) is 7.68. The fraction of sp³-hybridized carbons (Fsp3) is 0.529. The van der Waals surface area contributed by atoms with Crippen LogP contribution in [0.2, 0.25) is 0 Å². The van der Waals surface area contributed by atoms with Gasteiger partial charge in [-0.3, -0.25) is 9.59 Å². The van der Waals surface area contributed by atoms with E-state index in [0.717, 1.165) is 24.0 Å². The number of hydrogen-bond donors (Lipinski definition) is 1. The standard InChI is InChI=1S/C17H21NO3/c1-11-4-2-5-12(10-11)16-14(17(20)21)6-3-7-15(19)18(16)13-8-9-13/h2,4-5,10,13-14,16H,3,6-9H2,1H3,(H,20,21). The third kappa shape index (κ3) is 2.80. The van der Waals surface area contributed by atoms with Crippen LogP contribution in [0, 0.1) is 12.8 Å². The zero-order chi connectivity index (χ0) is 15.0. The number of amides is 1. The van der Waals surface area contributed by atoms with Crippen LogP contribution in [0.3, 0.4) is 0 Å².